The summed E-state index contributed by atoms with van der Waals surface area (Å²) in [6.07, 6.45) is 5.67. The summed E-state index contributed by atoms with van der Waals surface area (Å²) in [5.74, 6) is 0.505. The molecule has 10 heteroatoms. The fraction of sp³-hybridized carbons (Fsp3) is 0.381. The third-order valence-corrected chi connectivity index (χ3v) is 8.83. The van der Waals surface area contributed by atoms with E-state index in [-0.39, 0.29) is 48.7 Å². The smallest absolute Gasteiger partial charge is 0.314 e. The monoisotopic (exact) mass is 748 g/mol. The van der Waals surface area contributed by atoms with Gasteiger partial charge in [0.1, 0.15) is 0 Å². The zero-order valence-corrected chi connectivity index (χ0v) is 31.9. The van der Waals surface area contributed by atoms with Crippen LogP contribution in [-0.2, 0) is 0 Å². The van der Waals surface area contributed by atoms with Gasteiger partial charge >= 0.3 is 12.1 Å². The quantitative estimate of drug-likeness (QED) is 0.0440. The maximum atomic E-state index is 12.3. The van der Waals surface area contributed by atoms with E-state index in [1.54, 1.807) is 0 Å². The van der Waals surface area contributed by atoms with Gasteiger partial charge in [0.2, 0.25) is 0 Å². The lowest BCUT2D eigenvalue weighted by molar-refractivity contribution is 0.239. The molecule has 4 amide bonds. The maximum absolute atomic E-state index is 12.3. The fourth-order valence-electron chi connectivity index (χ4n) is 6.16. The van der Waals surface area contributed by atoms with Gasteiger partial charge in [-0.05, 0) is 87.0 Å². The molecule has 0 saturated heterocycles. The van der Waals surface area contributed by atoms with Gasteiger partial charge in [0.15, 0.2) is 0 Å². The van der Waals surface area contributed by atoms with Crippen molar-refractivity contribution in [1.29, 1.82) is 0 Å². The second kappa shape index (κ2) is 27.6. The summed E-state index contributed by atoms with van der Waals surface area (Å²) in [5, 5.41) is 18.9. The van der Waals surface area contributed by atoms with Crippen LogP contribution in [-0.4, -0.2) is 64.4 Å². The maximum Gasteiger partial charge on any atom is 0.314 e. The van der Waals surface area contributed by atoms with Crippen LogP contribution in [0.3, 0.4) is 0 Å². The third-order valence-electron chi connectivity index (χ3n) is 8.83. The van der Waals surface area contributed by atoms with Crippen molar-refractivity contribution in [1.82, 2.24) is 31.9 Å². The van der Waals surface area contributed by atoms with Crippen LogP contribution in [0.1, 0.15) is 72.6 Å². The molecule has 0 aliphatic carbocycles. The molecule has 282 valence electrons. The molecule has 0 saturated carbocycles. The first-order valence-corrected chi connectivity index (χ1v) is 18.4. The highest BCUT2D eigenvalue weighted by Gasteiger charge is 2.15. The van der Waals surface area contributed by atoms with Crippen molar-refractivity contribution in [2.45, 2.75) is 50.4 Å². The second-order valence-corrected chi connectivity index (χ2v) is 12.6. The van der Waals surface area contributed by atoms with Crippen molar-refractivity contribution in [3.8, 4) is 0 Å². The van der Waals surface area contributed by atoms with Gasteiger partial charge in [0.05, 0.1) is 0 Å². The number of benzene rings is 4. The molecule has 4 aromatic carbocycles. The van der Waals surface area contributed by atoms with E-state index in [1.165, 1.54) is 22.3 Å². The lowest BCUT2D eigenvalue weighted by Crippen LogP contribution is -2.37. The highest BCUT2D eigenvalue weighted by Crippen LogP contribution is 2.28. The Bertz CT molecular complexity index is 1280. The summed E-state index contributed by atoms with van der Waals surface area (Å²) >= 11 is 0. The van der Waals surface area contributed by atoms with Crippen LogP contribution < -0.4 is 31.9 Å². The zero-order valence-electron chi connectivity index (χ0n) is 30.2. The topological polar surface area (TPSA) is 106 Å². The molecule has 4 rings (SSSR count). The number of hydrogen-bond donors (Lipinski definition) is 6. The average Bonchev–Trinajstić information content (AvgIpc) is 3.16. The van der Waals surface area contributed by atoms with Crippen molar-refractivity contribution >= 4 is 36.9 Å². The van der Waals surface area contributed by atoms with Gasteiger partial charge in [-0.15, -0.1) is 24.8 Å². The third kappa shape index (κ3) is 17.4. The summed E-state index contributed by atoms with van der Waals surface area (Å²) in [4.78, 5) is 24.6. The van der Waals surface area contributed by atoms with E-state index in [0.29, 0.717) is 26.2 Å². The highest BCUT2D eigenvalue weighted by molar-refractivity contribution is 5.85. The van der Waals surface area contributed by atoms with Gasteiger partial charge in [-0.2, -0.15) is 0 Å². The summed E-state index contributed by atoms with van der Waals surface area (Å²) in [5.41, 5.74) is 5.06. The van der Waals surface area contributed by atoms with Crippen molar-refractivity contribution < 1.29 is 9.59 Å². The summed E-state index contributed by atoms with van der Waals surface area (Å²) in [6.45, 7) is 6.21. The van der Waals surface area contributed by atoms with Gasteiger partial charge < -0.3 is 31.9 Å². The molecule has 0 fully saturated rings. The van der Waals surface area contributed by atoms with Gasteiger partial charge in [0, 0.05) is 38.0 Å². The number of halogens is 2. The molecule has 0 radical (unpaired) electrons. The van der Waals surface area contributed by atoms with Crippen LogP contribution in [0.15, 0.2) is 121 Å². The van der Waals surface area contributed by atoms with Crippen molar-refractivity contribution in [2.24, 2.45) is 0 Å². The first-order valence-electron chi connectivity index (χ1n) is 18.4. The first-order chi connectivity index (χ1) is 24.7. The van der Waals surface area contributed by atoms with E-state index >= 15 is 0 Å². The molecule has 0 bridgehead atoms. The standard InChI is InChI=1S/C42H56N6O2.2ClH/c49-41(47-33-25-39(35-17-5-1-6-18-35)36-19-7-2-8-20-36)45-31-15-29-43-27-13-14-28-44-30-16-32-46-42(50)48-34-26-40(37-21-9-3-10-22-37)38-23-11-4-12-24-38;;/h1-12,17-24,39-40,43-44H,13-16,25-34H2,(H2,45,47,49)(H2,46,48,50);2*1H. The van der Waals surface area contributed by atoms with Gasteiger partial charge in [-0.3, -0.25) is 0 Å². The summed E-state index contributed by atoms with van der Waals surface area (Å²) in [7, 11) is 0. The van der Waals surface area contributed by atoms with Gasteiger partial charge in [-0.25, -0.2) is 9.59 Å². The number of nitrogens with one attached hydrogen (secondary N) is 6. The number of rotatable bonds is 23. The molecule has 0 atom stereocenters. The number of unbranched alkanes of at least 4 members (excludes halogenated alkanes) is 1. The molecule has 0 aromatic heterocycles. The van der Waals surface area contributed by atoms with E-state index in [4.69, 9.17) is 0 Å². The lowest BCUT2D eigenvalue weighted by atomic mass is 9.88. The van der Waals surface area contributed by atoms with Crippen LogP contribution in [0.25, 0.3) is 0 Å². The number of amides is 4. The molecule has 0 aliphatic heterocycles. The molecule has 4 aromatic rings. The van der Waals surface area contributed by atoms with Crippen molar-refractivity contribution in [2.75, 3.05) is 52.4 Å². The molecular formula is C42H58Cl2N6O2. The first kappa shape index (κ1) is 44.1. The predicted octanol–water partition coefficient (Wildman–Crippen LogP) is 7.61. The molecule has 0 heterocycles. The highest BCUT2D eigenvalue weighted by atomic mass is 35.5. The van der Waals surface area contributed by atoms with Crippen LogP contribution in [0.2, 0.25) is 0 Å². The van der Waals surface area contributed by atoms with E-state index in [2.05, 4.69) is 129 Å². The Balaban J connectivity index is 0.00000468. The SMILES string of the molecule is Cl.Cl.O=C(NCCCNCCCCNCCCNC(=O)NCCC(c1ccccc1)c1ccccc1)NCCC(c1ccccc1)c1ccccc1. The number of urea groups is 2. The average molecular weight is 750 g/mol. The Morgan fingerprint density at radius 2 is 0.635 bits per heavy atom. The molecule has 52 heavy (non-hydrogen) atoms. The van der Waals surface area contributed by atoms with Crippen LogP contribution in [0.4, 0.5) is 9.59 Å². The number of carbonyl (C=O) groups is 2. The van der Waals surface area contributed by atoms with Crippen LogP contribution in [0, 0.1) is 0 Å². The van der Waals surface area contributed by atoms with Crippen LogP contribution >= 0.6 is 24.8 Å². The van der Waals surface area contributed by atoms with E-state index < -0.39 is 0 Å². The fourth-order valence-corrected chi connectivity index (χ4v) is 6.16. The van der Waals surface area contributed by atoms with Crippen molar-refractivity contribution in [3.05, 3.63) is 144 Å². The largest absolute Gasteiger partial charge is 0.338 e. The molecule has 8 nitrogen and oxygen atoms in total. The van der Waals surface area contributed by atoms with E-state index in [0.717, 1.165) is 64.7 Å². The van der Waals surface area contributed by atoms with Crippen molar-refractivity contribution in [3.63, 3.8) is 0 Å². The van der Waals surface area contributed by atoms with Gasteiger partial charge in [0.25, 0.3) is 0 Å². The molecular weight excluding hydrogens is 691 g/mol. The number of carbonyl (C=O) groups excluding carboxylic acids is 2. The molecule has 0 aliphatic rings. The zero-order chi connectivity index (χ0) is 34.9. The lowest BCUT2D eigenvalue weighted by Gasteiger charge is -2.18. The van der Waals surface area contributed by atoms with E-state index in [1.807, 2.05) is 24.3 Å². The predicted molar refractivity (Wildman–Crippen MR) is 220 cm³/mol. The Hall–Kier alpha value is -4.08. The Morgan fingerprint density at radius 1 is 0.365 bits per heavy atom. The van der Waals surface area contributed by atoms with E-state index in [9.17, 15) is 9.59 Å². The minimum Gasteiger partial charge on any atom is -0.338 e. The Labute approximate surface area is 323 Å². The Morgan fingerprint density at radius 3 is 0.942 bits per heavy atom. The summed E-state index contributed by atoms with van der Waals surface area (Å²) in [6, 6.07) is 41.7. The normalized spacial score (nSPS) is 10.6. The van der Waals surface area contributed by atoms with Crippen LogP contribution in [0.5, 0.6) is 0 Å². The Kier molecular flexibility index (Phi) is 23.4. The molecule has 0 unspecified atom stereocenters. The summed E-state index contributed by atoms with van der Waals surface area (Å²) < 4.78 is 0. The molecule has 0 spiro atoms. The minimum atomic E-state index is -0.109. The molecule has 6 N–H and O–H groups in total. The minimum absolute atomic E-state index is 0. The van der Waals surface area contributed by atoms with Gasteiger partial charge in [-0.1, -0.05) is 121 Å². The second-order valence-electron chi connectivity index (χ2n) is 12.6. The number of hydrogen-bond acceptors (Lipinski definition) is 4.